The molecule has 0 aromatic heterocycles. The molecule has 0 aromatic carbocycles. The zero-order valence-corrected chi connectivity index (χ0v) is 4.49. The Kier molecular flexibility index (Phi) is 2.92. The van der Waals surface area contributed by atoms with Crippen LogP contribution in [0.25, 0.3) is 0 Å². The maximum absolute atomic E-state index is 3.69. The van der Waals surface area contributed by atoms with Crippen LogP contribution in [0.5, 0.6) is 0 Å². The maximum Gasteiger partial charge on any atom is 0.144 e. The van der Waals surface area contributed by atoms with E-state index in [9.17, 15) is 0 Å². The Morgan fingerprint density at radius 2 is 2.33 bits per heavy atom. The van der Waals surface area contributed by atoms with Gasteiger partial charge in [-0.1, -0.05) is 20.2 Å². The summed E-state index contributed by atoms with van der Waals surface area (Å²) in [6.45, 7) is 7.80. The second-order valence-electron chi connectivity index (χ2n) is 1.46. The number of allylic oxidation sites excluding steroid dienone is 1. The molecule has 0 amide bonds. The smallest absolute Gasteiger partial charge is 0.119 e. The van der Waals surface area contributed by atoms with Gasteiger partial charge in [0.15, 0.2) is 0 Å². The summed E-state index contributed by atoms with van der Waals surface area (Å²) in [4.78, 5) is 0. The molecular weight excluding hydrogens is 70.9 g/mol. The van der Waals surface area contributed by atoms with Crippen LogP contribution in [0.1, 0.15) is 13.8 Å². The minimum absolute atomic E-state index is 1.11. The lowest BCUT2D eigenvalue weighted by Crippen LogP contribution is -1.84. The molecule has 0 fully saturated rings. The molecule has 0 aliphatic rings. The molecule has 0 heterocycles. The summed E-state index contributed by atoms with van der Waals surface area (Å²) >= 11 is 0. The molecule has 1 radical (unpaired) electrons. The second kappa shape index (κ2) is 3.01. The van der Waals surface area contributed by atoms with Crippen LogP contribution in [0, 0.1) is 0 Å². The first-order chi connectivity index (χ1) is 2.77. The van der Waals surface area contributed by atoms with Crippen molar-refractivity contribution in [1.82, 2.24) is 0 Å². The van der Waals surface area contributed by atoms with Crippen LogP contribution < -0.4 is 0 Å². The molecule has 0 aromatic rings. The average Bonchev–Trinajstić information content (AvgIpc) is 1.35. The molecule has 0 saturated carbocycles. The van der Waals surface area contributed by atoms with Gasteiger partial charge in [0, 0.05) is 0 Å². The first-order valence-corrected chi connectivity index (χ1v) is 2.26. The van der Waals surface area contributed by atoms with Crippen molar-refractivity contribution >= 4 is 7.28 Å². The molecule has 0 spiro atoms. The van der Waals surface area contributed by atoms with Crippen LogP contribution in [0.2, 0.25) is 6.32 Å². The first kappa shape index (κ1) is 5.80. The molecule has 6 heavy (non-hydrogen) atoms. The van der Waals surface area contributed by atoms with Gasteiger partial charge in [0.2, 0.25) is 0 Å². The van der Waals surface area contributed by atoms with Gasteiger partial charge in [0.05, 0.1) is 0 Å². The highest BCUT2D eigenvalue weighted by molar-refractivity contribution is 6.44. The first-order valence-electron chi connectivity index (χ1n) is 2.26. The monoisotopic (exact) mass is 81.1 g/mol. The molecule has 33 valence electrons. The molecule has 0 saturated heterocycles. The van der Waals surface area contributed by atoms with Crippen LogP contribution in [0.15, 0.2) is 12.1 Å². The van der Waals surface area contributed by atoms with Crippen LogP contribution in [-0.4, -0.2) is 7.28 Å². The van der Waals surface area contributed by atoms with Gasteiger partial charge in [-0.25, -0.2) is 0 Å². The molecular formula is C5H10B. The van der Waals surface area contributed by atoms with Crippen molar-refractivity contribution in [2.24, 2.45) is 0 Å². The van der Waals surface area contributed by atoms with Gasteiger partial charge in [-0.05, 0) is 0 Å². The summed E-state index contributed by atoms with van der Waals surface area (Å²) in [6, 6.07) is 0. The van der Waals surface area contributed by atoms with Crippen molar-refractivity contribution in [3.63, 3.8) is 0 Å². The van der Waals surface area contributed by atoms with Crippen LogP contribution in [-0.2, 0) is 0 Å². The Balaban J connectivity index is 2.83. The fourth-order valence-electron chi connectivity index (χ4n) is 0.348. The highest BCUT2D eigenvalue weighted by atomic mass is 13.6. The third kappa shape index (κ3) is 3.80. The summed E-state index contributed by atoms with van der Waals surface area (Å²) in [5.74, 6) is 0. The van der Waals surface area contributed by atoms with Crippen molar-refractivity contribution in [2.45, 2.75) is 20.2 Å². The van der Waals surface area contributed by atoms with Crippen molar-refractivity contribution in [2.75, 3.05) is 0 Å². The zero-order valence-electron chi connectivity index (χ0n) is 4.49. The van der Waals surface area contributed by atoms with Gasteiger partial charge >= 0.3 is 0 Å². The Bertz CT molecular complexity index is 47.9. The lowest BCUT2D eigenvalue weighted by Gasteiger charge is -1.84. The number of rotatable bonds is 2. The van der Waals surface area contributed by atoms with Gasteiger partial charge in [0.1, 0.15) is 7.28 Å². The molecule has 0 nitrogen and oxygen atoms in total. The minimum atomic E-state index is 1.11. The molecule has 0 aliphatic heterocycles. The number of hydrogen-bond donors (Lipinski definition) is 0. The Morgan fingerprint density at radius 1 is 1.83 bits per heavy atom. The topological polar surface area (TPSA) is 0 Å². The van der Waals surface area contributed by atoms with E-state index in [1.54, 1.807) is 0 Å². The van der Waals surface area contributed by atoms with Gasteiger partial charge in [-0.3, -0.25) is 0 Å². The fraction of sp³-hybridized carbons (Fsp3) is 0.600. The predicted octanol–water partition coefficient (Wildman–Crippen LogP) is 1.66. The molecule has 0 N–H and O–H groups in total. The third-order valence-electron chi connectivity index (χ3n) is 0.553. The minimum Gasteiger partial charge on any atom is -0.119 e. The van der Waals surface area contributed by atoms with E-state index in [4.69, 9.17) is 0 Å². The van der Waals surface area contributed by atoms with Crippen molar-refractivity contribution < 1.29 is 0 Å². The summed E-state index contributed by atoms with van der Waals surface area (Å²) in [5, 5.41) is 0. The molecule has 1 heteroatoms. The standard InChI is InChI=1S/C5H10B/c1-4-6-5(2)3/h2,4H2,1,3H3. The Hall–Kier alpha value is -0.195. The molecule has 0 unspecified atom stereocenters. The van der Waals surface area contributed by atoms with Crippen molar-refractivity contribution in [3.05, 3.63) is 12.1 Å². The van der Waals surface area contributed by atoms with Gasteiger partial charge in [-0.2, -0.15) is 0 Å². The van der Waals surface area contributed by atoms with E-state index in [0.717, 1.165) is 11.8 Å². The summed E-state index contributed by atoms with van der Waals surface area (Å²) in [5.41, 5.74) is 1.16. The highest BCUT2D eigenvalue weighted by Gasteiger charge is 1.80. The van der Waals surface area contributed by atoms with Gasteiger partial charge in [0.25, 0.3) is 0 Å². The van der Waals surface area contributed by atoms with E-state index in [1.165, 1.54) is 0 Å². The van der Waals surface area contributed by atoms with E-state index in [1.807, 2.05) is 6.92 Å². The molecule has 0 aliphatic carbocycles. The van der Waals surface area contributed by atoms with Crippen LogP contribution in [0.4, 0.5) is 0 Å². The highest BCUT2D eigenvalue weighted by Crippen LogP contribution is 1.84. The summed E-state index contributed by atoms with van der Waals surface area (Å²) in [6.07, 6.45) is 1.11. The van der Waals surface area contributed by atoms with E-state index >= 15 is 0 Å². The lowest BCUT2D eigenvalue weighted by atomic mass is 9.69. The predicted molar refractivity (Wildman–Crippen MR) is 31.0 cm³/mol. The second-order valence-corrected chi connectivity index (χ2v) is 1.46. The van der Waals surface area contributed by atoms with Crippen LogP contribution >= 0.6 is 0 Å². The fourth-order valence-corrected chi connectivity index (χ4v) is 0.348. The van der Waals surface area contributed by atoms with Crippen molar-refractivity contribution in [3.8, 4) is 0 Å². The van der Waals surface area contributed by atoms with E-state index in [0.29, 0.717) is 0 Å². The molecule has 0 bridgehead atoms. The maximum atomic E-state index is 3.69. The average molecular weight is 80.9 g/mol. The molecule has 0 rings (SSSR count). The zero-order chi connectivity index (χ0) is 4.99. The number of hydrogen-bond acceptors (Lipinski definition) is 0. The SMILES string of the molecule is C=C(C)[B]CC. The Morgan fingerprint density at radius 3 is 2.33 bits per heavy atom. The van der Waals surface area contributed by atoms with E-state index < -0.39 is 0 Å². The van der Waals surface area contributed by atoms with E-state index in [2.05, 4.69) is 20.8 Å². The van der Waals surface area contributed by atoms with Gasteiger partial charge in [-0.15, -0.1) is 12.1 Å². The van der Waals surface area contributed by atoms with Gasteiger partial charge < -0.3 is 0 Å². The molecule has 0 atom stereocenters. The summed E-state index contributed by atoms with van der Waals surface area (Å²) in [7, 11) is 2.10. The summed E-state index contributed by atoms with van der Waals surface area (Å²) < 4.78 is 0. The van der Waals surface area contributed by atoms with Crippen LogP contribution in [0.3, 0.4) is 0 Å². The third-order valence-corrected chi connectivity index (χ3v) is 0.553. The van der Waals surface area contributed by atoms with Crippen molar-refractivity contribution in [1.29, 1.82) is 0 Å². The largest absolute Gasteiger partial charge is 0.144 e. The lowest BCUT2D eigenvalue weighted by molar-refractivity contribution is 1.44. The quantitative estimate of drug-likeness (QED) is 0.443. The van der Waals surface area contributed by atoms with E-state index in [-0.39, 0.29) is 0 Å². The Labute approximate surface area is 40.5 Å². The normalized spacial score (nSPS) is 7.67.